The first-order valence-electron chi connectivity index (χ1n) is 16.4. The van der Waals surface area contributed by atoms with Crippen molar-refractivity contribution in [3.63, 3.8) is 0 Å². The molecule has 0 saturated carbocycles. The van der Waals surface area contributed by atoms with Crippen LogP contribution in [0.3, 0.4) is 0 Å². The Bertz CT molecular complexity index is 2030. The number of aryl methyl sites for hydroxylation is 1. The van der Waals surface area contributed by atoms with Crippen LogP contribution >= 0.6 is 22.6 Å². The molecule has 1 aliphatic carbocycles. The van der Waals surface area contributed by atoms with E-state index < -0.39 is 0 Å². The van der Waals surface area contributed by atoms with Crippen molar-refractivity contribution in [1.29, 1.82) is 0 Å². The average Bonchev–Trinajstić information content (AvgIpc) is 3.12. The van der Waals surface area contributed by atoms with Gasteiger partial charge in [-0.3, -0.25) is 0 Å². The second-order valence-electron chi connectivity index (χ2n) is 12.1. The second kappa shape index (κ2) is 14.4. The number of hydrogen-bond donors (Lipinski definition) is 0. The molecule has 0 unspecified atom stereocenters. The van der Waals surface area contributed by atoms with Crippen LogP contribution in [0.15, 0.2) is 181 Å². The third-order valence-corrected chi connectivity index (χ3v) is 9.37. The predicted octanol–water partition coefficient (Wildman–Crippen LogP) is 13.3. The number of nitrogens with zero attached hydrogens (tertiary/aromatic N) is 3. The number of hydrogen-bond acceptors (Lipinski definition) is 3. The van der Waals surface area contributed by atoms with Gasteiger partial charge in [0.15, 0.2) is 0 Å². The highest BCUT2D eigenvalue weighted by atomic mass is 127. The van der Waals surface area contributed by atoms with Crippen LogP contribution in [0, 0.1) is 10.5 Å². The summed E-state index contributed by atoms with van der Waals surface area (Å²) in [6.07, 6.45) is 6.71. The Labute approximate surface area is 298 Å². The van der Waals surface area contributed by atoms with Crippen molar-refractivity contribution in [2.75, 3.05) is 14.7 Å². The molecule has 6 aromatic carbocycles. The molecule has 4 heteroatoms. The van der Waals surface area contributed by atoms with E-state index >= 15 is 0 Å². The van der Waals surface area contributed by atoms with E-state index in [1.54, 1.807) is 0 Å². The number of benzene rings is 6. The van der Waals surface area contributed by atoms with Gasteiger partial charge in [-0.2, -0.15) is 0 Å². The van der Waals surface area contributed by atoms with E-state index in [1.807, 2.05) is 0 Å². The van der Waals surface area contributed by atoms with Gasteiger partial charge in [0.1, 0.15) is 0 Å². The van der Waals surface area contributed by atoms with Crippen LogP contribution in [-0.4, -0.2) is 0 Å². The maximum atomic E-state index is 2.40. The molecule has 48 heavy (non-hydrogen) atoms. The fourth-order valence-corrected chi connectivity index (χ4v) is 6.77. The predicted molar refractivity (Wildman–Crippen MR) is 213 cm³/mol. The lowest BCUT2D eigenvalue weighted by molar-refractivity contribution is 0.905. The van der Waals surface area contributed by atoms with Crippen LogP contribution in [0.2, 0.25) is 0 Å². The largest absolute Gasteiger partial charge is 0.314 e. The van der Waals surface area contributed by atoms with Gasteiger partial charge in [-0.25, -0.2) is 0 Å². The molecule has 7 rings (SSSR count). The zero-order chi connectivity index (χ0) is 32.9. The molecule has 0 aromatic heterocycles. The van der Waals surface area contributed by atoms with Crippen molar-refractivity contribution in [1.82, 2.24) is 0 Å². The van der Waals surface area contributed by atoms with Crippen molar-refractivity contribution in [2.24, 2.45) is 0 Å². The molecule has 1 aliphatic rings. The zero-order valence-electron chi connectivity index (χ0n) is 27.3. The second-order valence-corrected chi connectivity index (χ2v) is 13.4. The van der Waals surface area contributed by atoms with Crippen LogP contribution in [0.4, 0.5) is 45.5 Å². The Hall–Kier alpha value is -5.07. The van der Waals surface area contributed by atoms with Crippen molar-refractivity contribution in [3.8, 4) is 0 Å². The monoisotopic (exact) mass is 735 g/mol. The van der Waals surface area contributed by atoms with E-state index in [0.717, 1.165) is 52.7 Å². The maximum Gasteiger partial charge on any atom is 0.0464 e. The minimum atomic E-state index is 1.01. The number of halogens is 1. The van der Waals surface area contributed by atoms with Gasteiger partial charge in [0.05, 0.1) is 0 Å². The van der Waals surface area contributed by atoms with Crippen LogP contribution in [0.25, 0.3) is 0 Å². The topological polar surface area (TPSA) is 9.72 Å². The third kappa shape index (κ3) is 6.95. The molecule has 0 radical (unpaired) electrons. The summed E-state index contributed by atoms with van der Waals surface area (Å²) in [6.45, 7) is 4.33. The van der Waals surface area contributed by atoms with Crippen LogP contribution in [0.1, 0.15) is 25.3 Å². The lowest BCUT2D eigenvalue weighted by atomic mass is 10.0. The van der Waals surface area contributed by atoms with E-state index in [2.05, 4.69) is 221 Å². The zero-order valence-corrected chi connectivity index (χ0v) is 29.5. The van der Waals surface area contributed by atoms with Crippen molar-refractivity contribution in [3.05, 3.63) is 190 Å². The highest BCUT2D eigenvalue weighted by Crippen LogP contribution is 2.41. The molecule has 0 amide bonds. The molecule has 0 heterocycles. The van der Waals surface area contributed by atoms with E-state index in [9.17, 15) is 0 Å². The smallest absolute Gasteiger partial charge is 0.0464 e. The molecule has 0 aliphatic heterocycles. The summed E-state index contributed by atoms with van der Waals surface area (Å²) < 4.78 is 1.21. The molecular weight excluding hydrogens is 697 g/mol. The number of anilines is 8. The lowest BCUT2D eigenvalue weighted by Crippen LogP contribution is -2.18. The van der Waals surface area contributed by atoms with Gasteiger partial charge in [0.2, 0.25) is 0 Å². The summed E-state index contributed by atoms with van der Waals surface area (Å²) in [5.41, 5.74) is 12.9. The van der Waals surface area contributed by atoms with Gasteiger partial charge in [-0.1, -0.05) is 60.2 Å². The summed E-state index contributed by atoms with van der Waals surface area (Å²) in [4.78, 5) is 7.05. The summed E-state index contributed by atoms with van der Waals surface area (Å²) >= 11 is 2.37. The normalized spacial score (nSPS) is 12.6. The van der Waals surface area contributed by atoms with Gasteiger partial charge in [0, 0.05) is 54.8 Å². The minimum Gasteiger partial charge on any atom is -0.314 e. The van der Waals surface area contributed by atoms with Gasteiger partial charge in [0.25, 0.3) is 0 Å². The van der Waals surface area contributed by atoms with E-state index in [-0.39, 0.29) is 0 Å². The standard InChI is InChI=1S/C44H38IN3/c1-33-11-9-17-43(31-33)47(36-13-5-3-6-14-36)41-27-23-39(24-28-41)46(38-21-19-35(45)20-22-38)40-25-29-42(30-26-40)48(37-15-7-4-8-16-37)44-18-10-12-34(2)32-44/h3-9,11-17,19-32H,10,18H2,1-2H3. The highest BCUT2D eigenvalue weighted by molar-refractivity contribution is 14.1. The number of rotatable bonds is 9. The molecule has 3 nitrogen and oxygen atoms in total. The highest BCUT2D eigenvalue weighted by Gasteiger charge is 2.19. The fourth-order valence-electron chi connectivity index (χ4n) is 6.41. The van der Waals surface area contributed by atoms with Crippen LogP contribution in [0.5, 0.6) is 0 Å². The molecular formula is C44H38IN3. The molecule has 6 aromatic rings. The average molecular weight is 736 g/mol. The first kappa shape index (κ1) is 31.5. The Morgan fingerprint density at radius 1 is 0.438 bits per heavy atom. The quantitative estimate of drug-likeness (QED) is 0.137. The van der Waals surface area contributed by atoms with E-state index in [1.165, 1.54) is 26.1 Å². The van der Waals surface area contributed by atoms with Crippen LogP contribution in [-0.2, 0) is 0 Å². The SMILES string of the molecule is CC1=CCCC(N(c2ccccc2)c2ccc(N(c3ccc(I)cc3)c3ccc(N(c4ccccc4)c4cccc(C)c4)cc3)cc2)=C1. The fraction of sp³-hybridized carbons (Fsp3) is 0.0909. The molecule has 236 valence electrons. The molecule has 0 saturated heterocycles. The lowest BCUT2D eigenvalue weighted by Gasteiger charge is -2.31. The van der Waals surface area contributed by atoms with Crippen molar-refractivity contribution < 1.29 is 0 Å². The molecule has 0 N–H and O–H groups in total. The van der Waals surface area contributed by atoms with Crippen molar-refractivity contribution in [2.45, 2.75) is 26.7 Å². The van der Waals surface area contributed by atoms with Crippen LogP contribution < -0.4 is 14.7 Å². The Kier molecular flexibility index (Phi) is 9.43. The van der Waals surface area contributed by atoms with E-state index in [4.69, 9.17) is 0 Å². The van der Waals surface area contributed by atoms with Crippen molar-refractivity contribution >= 4 is 68.1 Å². The molecule has 0 atom stereocenters. The van der Waals surface area contributed by atoms with Gasteiger partial charge < -0.3 is 14.7 Å². The van der Waals surface area contributed by atoms with Gasteiger partial charge >= 0.3 is 0 Å². The number of allylic oxidation sites excluding steroid dienone is 4. The molecule has 0 bridgehead atoms. The molecule has 0 spiro atoms. The summed E-state index contributed by atoms with van der Waals surface area (Å²) in [5.74, 6) is 0. The minimum absolute atomic E-state index is 1.01. The van der Waals surface area contributed by atoms with E-state index in [0.29, 0.717) is 0 Å². The summed E-state index contributed by atoms with van der Waals surface area (Å²) in [6, 6.07) is 56.6. The number of para-hydroxylation sites is 2. The third-order valence-electron chi connectivity index (χ3n) is 8.65. The maximum absolute atomic E-state index is 2.40. The Morgan fingerprint density at radius 3 is 1.35 bits per heavy atom. The molecule has 0 fully saturated rings. The summed E-state index contributed by atoms with van der Waals surface area (Å²) in [7, 11) is 0. The first-order chi connectivity index (χ1) is 23.5. The first-order valence-corrected chi connectivity index (χ1v) is 17.5. The van der Waals surface area contributed by atoms with Gasteiger partial charge in [-0.05, 0) is 170 Å². The Morgan fingerprint density at radius 2 is 0.854 bits per heavy atom. The Balaban J connectivity index is 1.27. The summed E-state index contributed by atoms with van der Waals surface area (Å²) in [5, 5.41) is 0. The van der Waals surface area contributed by atoms with Gasteiger partial charge in [-0.15, -0.1) is 0 Å².